The summed E-state index contributed by atoms with van der Waals surface area (Å²) in [6, 6.07) is 4.80. The Morgan fingerprint density at radius 1 is 1.21 bits per heavy atom. The van der Waals surface area contributed by atoms with Crippen molar-refractivity contribution in [2.45, 2.75) is 58.9 Å². The number of benzene rings is 1. The SMILES string of the molecule is C=P(O)(O)Oc1cc(CNC(=O)CCCCCCC(C)C)ccc1OP(C)O. The van der Waals surface area contributed by atoms with Crippen LogP contribution in [0.25, 0.3) is 0 Å². The van der Waals surface area contributed by atoms with Crippen molar-refractivity contribution in [3.8, 4) is 11.5 Å². The summed E-state index contributed by atoms with van der Waals surface area (Å²) in [5.41, 5.74) is 0.708. The van der Waals surface area contributed by atoms with Gasteiger partial charge in [-0.15, -0.1) is 0 Å². The molecule has 0 spiro atoms. The Balaban J connectivity index is 2.51. The van der Waals surface area contributed by atoms with Crippen LogP contribution in [0.4, 0.5) is 0 Å². The highest BCUT2D eigenvalue weighted by atomic mass is 31.2. The Labute approximate surface area is 169 Å². The van der Waals surface area contributed by atoms with Crippen molar-refractivity contribution in [1.29, 1.82) is 0 Å². The second-order valence-electron chi connectivity index (χ2n) is 7.22. The third-order valence-corrected chi connectivity index (χ3v) is 4.86. The number of rotatable bonds is 13. The van der Waals surface area contributed by atoms with E-state index in [1.54, 1.807) is 12.1 Å². The van der Waals surface area contributed by atoms with Crippen LogP contribution in [0.1, 0.15) is 57.9 Å². The summed E-state index contributed by atoms with van der Waals surface area (Å²) >= 11 is 0. The van der Waals surface area contributed by atoms with Crippen LogP contribution in [0.5, 0.6) is 11.5 Å². The number of hydrogen-bond acceptors (Lipinski definition) is 6. The van der Waals surface area contributed by atoms with Crippen molar-refractivity contribution >= 4 is 28.1 Å². The first-order valence-corrected chi connectivity index (χ1v) is 12.9. The molecule has 0 saturated carbocycles. The quantitative estimate of drug-likeness (QED) is 0.275. The molecule has 1 amide bonds. The molecule has 0 aliphatic carbocycles. The van der Waals surface area contributed by atoms with Crippen molar-refractivity contribution in [2.75, 3.05) is 6.66 Å². The zero-order valence-electron chi connectivity index (χ0n) is 16.9. The average molecular weight is 433 g/mol. The molecule has 1 aromatic carbocycles. The fourth-order valence-corrected chi connectivity index (χ4v) is 3.48. The lowest BCUT2D eigenvalue weighted by molar-refractivity contribution is -0.121. The maximum absolute atomic E-state index is 12.0. The first-order chi connectivity index (χ1) is 13.1. The van der Waals surface area contributed by atoms with Gasteiger partial charge in [0.25, 0.3) is 7.57 Å². The molecule has 0 aliphatic heterocycles. The number of unbranched alkanes of at least 4 members (excludes halogenated alkanes) is 3. The Morgan fingerprint density at radius 2 is 1.89 bits per heavy atom. The molecule has 0 saturated heterocycles. The predicted molar refractivity (Wildman–Crippen MR) is 116 cm³/mol. The minimum atomic E-state index is -3.79. The summed E-state index contributed by atoms with van der Waals surface area (Å²) in [5.74, 6) is 0.947. The molecule has 4 N–H and O–H groups in total. The van der Waals surface area contributed by atoms with E-state index >= 15 is 0 Å². The van der Waals surface area contributed by atoms with Gasteiger partial charge < -0.3 is 29.0 Å². The lowest BCUT2D eigenvalue weighted by Gasteiger charge is -2.18. The highest BCUT2D eigenvalue weighted by Gasteiger charge is 2.15. The van der Waals surface area contributed by atoms with Crippen molar-refractivity contribution < 1.29 is 28.5 Å². The molecule has 28 heavy (non-hydrogen) atoms. The molecule has 0 fully saturated rings. The van der Waals surface area contributed by atoms with E-state index in [2.05, 4.69) is 25.5 Å². The van der Waals surface area contributed by atoms with Crippen molar-refractivity contribution in [3.05, 3.63) is 23.8 Å². The molecule has 0 aliphatic rings. The van der Waals surface area contributed by atoms with Gasteiger partial charge in [-0.2, -0.15) is 0 Å². The van der Waals surface area contributed by atoms with E-state index in [1.165, 1.54) is 25.6 Å². The summed E-state index contributed by atoms with van der Waals surface area (Å²) in [5, 5.41) is 2.85. The third kappa shape index (κ3) is 11.7. The monoisotopic (exact) mass is 433 g/mol. The summed E-state index contributed by atoms with van der Waals surface area (Å²) < 4.78 is 10.3. The fourth-order valence-electron chi connectivity index (χ4n) is 2.59. The molecule has 1 rings (SSSR count). The van der Waals surface area contributed by atoms with Gasteiger partial charge in [0.15, 0.2) is 11.5 Å². The van der Waals surface area contributed by atoms with Crippen LogP contribution in [0.15, 0.2) is 18.2 Å². The molecule has 1 atom stereocenters. The van der Waals surface area contributed by atoms with Crippen LogP contribution in [0.2, 0.25) is 0 Å². The predicted octanol–water partition coefficient (Wildman–Crippen LogP) is 4.17. The van der Waals surface area contributed by atoms with E-state index in [0.29, 0.717) is 12.0 Å². The molecule has 7 nitrogen and oxygen atoms in total. The number of amides is 1. The molecule has 9 heteroatoms. The van der Waals surface area contributed by atoms with Crippen LogP contribution in [-0.2, 0) is 11.3 Å². The Morgan fingerprint density at radius 3 is 2.50 bits per heavy atom. The number of carbonyl (C=O) groups excluding carboxylic acids is 1. The molecule has 1 aromatic rings. The zero-order valence-corrected chi connectivity index (χ0v) is 18.7. The molecule has 0 aromatic heterocycles. The van der Waals surface area contributed by atoms with Gasteiger partial charge in [-0.25, -0.2) is 0 Å². The summed E-state index contributed by atoms with van der Waals surface area (Å²) in [6.45, 7) is 6.20. The highest BCUT2D eigenvalue weighted by Crippen LogP contribution is 2.44. The molecule has 0 heterocycles. The molecule has 160 valence electrons. The minimum absolute atomic E-state index is 0.0255. The van der Waals surface area contributed by atoms with E-state index in [4.69, 9.17) is 9.05 Å². The molecule has 1 unspecified atom stereocenters. The number of carbonyl (C=O) groups is 1. The van der Waals surface area contributed by atoms with Gasteiger partial charge in [-0.3, -0.25) is 4.79 Å². The summed E-state index contributed by atoms with van der Waals surface area (Å²) in [4.78, 5) is 40.4. The Hall–Kier alpha value is -1.10. The van der Waals surface area contributed by atoms with E-state index in [-0.39, 0.29) is 24.0 Å². The van der Waals surface area contributed by atoms with Gasteiger partial charge >= 0.3 is 0 Å². The van der Waals surface area contributed by atoms with Crippen LogP contribution in [0, 0.1) is 5.92 Å². The summed E-state index contributed by atoms with van der Waals surface area (Å²) in [6.07, 6.45) is 9.15. The van der Waals surface area contributed by atoms with Crippen molar-refractivity contribution in [3.63, 3.8) is 0 Å². The number of nitrogens with one attached hydrogen (secondary N) is 1. The second kappa shape index (κ2) is 12.5. The second-order valence-corrected chi connectivity index (χ2v) is 9.84. The minimum Gasteiger partial charge on any atom is -0.444 e. The fraction of sp³-hybridized carbons (Fsp3) is 0.579. The van der Waals surface area contributed by atoms with Crippen LogP contribution in [0.3, 0.4) is 0 Å². The molecular weight excluding hydrogens is 400 g/mol. The maximum Gasteiger partial charge on any atom is 0.297 e. The third-order valence-electron chi connectivity index (χ3n) is 3.91. The number of hydrogen-bond donors (Lipinski definition) is 4. The van der Waals surface area contributed by atoms with Gasteiger partial charge in [0, 0.05) is 19.6 Å². The van der Waals surface area contributed by atoms with E-state index < -0.39 is 15.9 Å². The van der Waals surface area contributed by atoms with Gasteiger partial charge in [0.1, 0.15) is 0 Å². The molecule has 0 bridgehead atoms. The maximum atomic E-state index is 12.0. The van der Waals surface area contributed by atoms with Crippen LogP contribution >= 0.6 is 15.9 Å². The normalized spacial score (nSPS) is 12.7. The van der Waals surface area contributed by atoms with Gasteiger partial charge in [0.05, 0.1) is 0 Å². The first kappa shape index (κ1) is 24.9. The topological polar surface area (TPSA) is 108 Å². The van der Waals surface area contributed by atoms with Crippen LogP contribution < -0.4 is 14.4 Å². The smallest absolute Gasteiger partial charge is 0.297 e. The average Bonchev–Trinajstić information content (AvgIpc) is 2.56. The largest absolute Gasteiger partial charge is 0.444 e. The standard InChI is InChI=1S/C19H33NO6P2/c1-15(2)9-7-5-6-8-10-19(21)20-14-16-11-12-17(25-27(3)22)18(13-16)26-28(4,23)24/h11-13,15,22-24H,4-10,14H2,1-3H3,(H,20,21). The Kier molecular flexibility index (Phi) is 11.1. The Bertz CT molecular complexity index is 660. The lowest BCUT2D eigenvalue weighted by Crippen LogP contribution is -2.22. The van der Waals surface area contributed by atoms with Gasteiger partial charge in [-0.05, 0) is 36.3 Å². The summed E-state index contributed by atoms with van der Waals surface area (Å²) in [7, 11) is -5.49. The van der Waals surface area contributed by atoms with Crippen LogP contribution in [-0.4, -0.2) is 33.6 Å². The van der Waals surface area contributed by atoms with E-state index in [0.717, 1.165) is 25.2 Å². The van der Waals surface area contributed by atoms with E-state index in [1.807, 2.05) is 0 Å². The van der Waals surface area contributed by atoms with E-state index in [9.17, 15) is 19.5 Å². The van der Waals surface area contributed by atoms with Crippen molar-refractivity contribution in [2.24, 2.45) is 5.92 Å². The van der Waals surface area contributed by atoms with Gasteiger partial charge in [-0.1, -0.05) is 45.6 Å². The zero-order chi connectivity index (χ0) is 21.2. The molecule has 0 radical (unpaired) electrons. The molecular formula is C19H33NO6P2. The highest BCUT2D eigenvalue weighted by molar-refractivity contribution is 7.58. The first-order valence-electron chi connectivity index (χ1n) is 9.45. The lowest BCUT2D eigenvalue weighted by atomic mass is 10.0. The van der Waals surface area contributed by atoms with Gasteiger partial charge in [0.2, 0.25) is 14.3 Å². The van der Waals surface area contributed by atoms with Crippen molar-refractivity contribution in [1.82, 2.24) is 5.32 Å².